The van der Waals surface area contributed by atoms with E-state index < -0.39 is 11.1 Å². The van der Waals surface area contributed by atoms with Gasteiger partial charge in [0.2, 0.25) is 0 Å². The molecular formula is C10H16N2O2S. The lowest BCUT2D eigenvalue weighted by Gasteiger charge is -2.04. The Labute approximate surface area is 91.9 Å². The van der Waals surface area contributed by atoms with Gasteiger partial charge < -0.3 is 16.0 Å². The van der Waals surface area contributed by atoms with E-state index in [0.717, 1.165) is 24.8 Å². The molecule has 0 spiro atoms. The van der Waals surface area contributed by atoms with Crippen molar-refractivity contribution in [2.45, 2.75) is 19.3 Å². The van der Waals surface area contributed by atoms with Crippen LogP contribution in [0.3, 0.4) is 0 Å². The molecule has 0 amide bonds. The van der Waals surface area contributed by atoms with E-state index in [2.05, 4.69) is 0 Å². The van der Waals surface area contributed by atoms with Crippen molar-refractivity contribution in [1.82, 2.24) is 0 Å². The molecule has 1 aromatic carbocycles. The quantitative estimate of drug-likeness (QED) is 0.403. The lowest BCUT2D eigenvalue weighted by Crippen LogP contribution is -1.98. The van der Waals surface area contributed by atoms with Crippen molar-refractivity contribution in [2.24, 2.45) is 0 Å². The fourth-order valence-corrected chi connectivity index (χ4v) is 1.79. The van der Waals surface area contributed by atoms with Crippen LogP contribution in [-0.2, 0) is 17.5 Å². The fraction of sp³-hybridized carbons (Fsp3) is 0.400. The van der Waals surface area contributed by atoms with Gasteiger partial charge in [0.25, 0.3) is 0 Å². The number of nitrogen functional groups attached to an aromatic ring is 2. The summed E-state index contributed by atoms with van der Waals surface area (Å²) < 4.78 is 18.9. The van der Waals surface area contributed by atoms with Crippen molar-refractivity contribution in [2.75, 3.05) is 17.2 Å². The van der Waals surface area contributed by atoms with Crippen LogP contribution in [0.2, 0.25) is 0 Å². The minimum absolute atomic E-state index is 0.338. The molecule has 1 atom stereocenters. The van der Waals surface area contributed by atoms with Crippen molar-refractivity contribution in [3.8, 4) is 0 Å². The number of nitrogens with two attached hydrogens (primary N) is 2. The minimum atomic E-state index is -1.68. The van der Waals surface area contributed by atoms with E-state index >= 15 is 0 Å². The van der Waals surface area contributed by atoms with Crippen LogP contribution in [0.15, 0.2) is 18.2 Å². The van der Waals surface area contributed by atoms with Gasteiger partial charge in [-0.2, -0.15) is 0 Å². The minimum Gasteiger partial charge on any atom is -0.397 e. The van der Waals surface area contributed by atoms with Crippen LogP contribution >= 0.6 is 0 Å². The van der Waals surface area contributed by atoms with Gasteiger partial charge in [-0.3, -0.25) is 0 Å². The molecule has 5 heteroatoms. The smallest absolute Gasteiger partial charge is 0.152 e. The Balaban J connectivity index is 2.38. The van der Waals surface area contributed by atoms with Gasteiger partial charge in [0, 0.05) is 5.75 Å². The van der Waals surface area contributed by atoms with Gasteiger partial charge in [-0.25, -0.2) is 4.21 Å². The fourth-order valence-electron chi connectivity index (χ4n) is 1.33. The summed E-state index contributed by atoms with van der Waals surface area (Å²) in [6, 6.07) is 5.57. The summed E-state index contributed by atoms with van der Waals surface area (Å²) >= 11 is -1.68. The maximum atomic E-state index is 10.4. The topological polar surface area (TPSA) is 89.3 Å². The third kappa shape index (κ3) is 4.31. The van der Waals surface area contributed by atoms with Crippen molar-refractivity contribution in [3.63, 3.8) is 0 Å². The summed E-state index contributed by atoms with van der Waals surface area (Å²) in [5.74, 6) is 0.338. The average molecular weight is 228 g/mol. The molecular weight excluding hydrogens is 212 g/mol. The number of hydrogen-bond acceptors (Lipinski definition) is 3. The molecule has 0 aliphatic carbocycles. The van der Waals surface area contributed by atoms with Gasteiger partial charge in [0.15, 0.2) is 11.1 Å². The number of anilines is 2. The van der Waals surface area contributed by atoms with Crippen molar-refractivity contribution in [1.29, 1.82) is 0 Å². The van der Waals surface area contributed by atoms with Crippen molar-refractivity contribution in [3.05, 3.63) is 23.8 Å². The third-order valence-electron chi connectivity index (χ3n) is 2.19. The molecule has 5 N–H and O–H groups in total. The highest BCUT2D eigenvalue weighted by Crippen LogP contribution is 2.17. The van der Waals surface area contributed by atoms with E-state index in [1.165, 1.54) is 0 Å². The second-order valence-electron chi connectivity index (χ2n) is 3.45. The molecule has 0 saturated heterocycles. The summed E-state index contributed by atoms with van der Waals surface area (Å²) in [6.45, 7) is 0. The van der Waals surface area contributed by atoms with Gasteiger partial charge in [-0.1, -0.05) is 6.07 Å². The van der Waals surface area contributed by atoms with Gasteiger partial charge in [0.05, 0.1) is 11.4 Å². The molecule has 0 heterocycles. The molecule has 1 aromatic rings. The number of benzene rings is 1. The van der Waals surface area contributed by atoms with E-state index in [9.17, 15) is 4.21 Å². The van der Waals surface area contributed by atoms with Crippen LogP contribution in [0.4, 0.5) is 11.4 Å². The molecule has 1 rings (SSSR count). The van der Waals surface area contributed by atoms with Crippen LogP contribution in [-0.4, -0.2) is 14.5 Å². The second kappa shape index (κ2) is 5.72. The molecule has 0 aromatic heterocycles. The summed E-state index contributed by atoms with van der Waals surface area (Å²) in [4.78, 5) is 0. The van der Waals surface area contributed by atoms with Gasteiger partial charge in [0.1, 0.15) is 0 Å². The number of aryl methyl sites for hydroxylation is 1. The average Bonchev–Trinajstić information content (AvgIpc) is 2.18. The summed E-state index contributed by atoms with van der Waals surface area (Å²) in [7, 11) is 0. The predicted molar refractivity (Wildman–Crippen MR) is 63.8 cm³/mol. The first-order valence-corrected chi connectivity index (χ1v) is 6.08. The molecule has 0 aliphatic heterocycles. The van der Waals surface area contributed by atoms with Gasteiger partial charge in [-0.15, -0.1) is 0 Å². The lowest BCUT2D eigenvalue weighted by molar-refractivity contribution is 0.560. The van der Waals surface area contributed by atoms with Crippen LogP contribution in [0, 0.1) is 0 Å². The van der Waals surface area contributed by atoms with E-state index in [1.54, 1.807) is 6.07 Å². The first kappa shape index (κ1) is 12.0. The Hall–Kier alpha value is -1.07. The van der Waals surface area contributed by atoms with Crippen molar-refractivity contribution < 1.29 is 8.76 Å². The Morgan fingerprint density at radius 3 is 2.53 bits per heavy atom. The van der Waals surface area contributed by atoms with Gasteiger partial charge >= 0.3 is 0 Å². The Kier molecular flexibility index (Phi) is 4.58. The molecule has 84 valence electrons. The standard InChI is InChI=1S/C10H16N2O2S/c11-9-5-4-8(7-10(9)12)3-1-2-6-15(13)14/h4-5,7H,1-3,6,11-12H2,(H,13,14). The molecule has 0 aliphatic rings. The zero-order valence-electron chi connectivity index (χ0n) is 8.48. The maximum absolute atomic E-state index is 10.4. The molecule has 4 nitrogen and oxygen atoms in total. The third-order valence-corrected chi connectivity index (χ3v) is 2.82. The van der Waals surface area contributed by atoms with Crippen LogP contribution in [0.5, 0.6) is 0 Å². The zero-order chi connectivity index (χ0) is 11.3. The highest BCUT2D eigenvalue weighted by molar-refractivity contribution is 7.79. The van der Waals surface area contributed by atoms with Crippen LogP contribution < -0.4 is 11.5 Å². The monoisotopic (exact) mass is 228 g/mol. The molecule has 1 unspecified atom stereocenters. The lowest BCUT2D eigenvalue weighted by atomic mass is 10.1. The van der Waals surface area contributed by atoms with Crippen LogP contribution in [0.25, 0.3) is 0 Å². The van der Waals surface area contributed by atoms with Gasteiger partial charge in [-0.05, 0) is 37.0 Å². The molecule has 0 bridgehead atoms. The number of hydrogen-bond donors (Lipinski definition) is 3. The van der Waals surface area contributed by atoms with E-state index in [4.69, 9.17) is 16.0 Å². The normalized spacial score (nSPS) is 12.6. The summed E-state index contributed by atoms with van der Waals surface area (Å²) in [5.41, 5.74) is 13.5. The van der Waals surface area contributed by atoms with E-state index in [1.807, 2.05) is 12.1 Å². The highest BCUT2D eigenvalue weighted by atomic mass is 32.2. The Morgan fingerprint density at radius 1 is 1.20 bits per heavy atom. The molecule has 0 radical (unpaired) electrons. The zero-order valence-corrected chi connectivity index (χ0v) is 9.30. The van der Waals surface area contributed by atoms with E-state index in [0.29, 0.717) is 17.1 Å². The molecule has 15 heavy (non-hydrogen) atoms. The Bertz CT molecular complexity index is 355. The summed E-state index contributed by atoms with van der Waals surface area (Å²) in [6.07, 6.45) is 2.49. The first-order valence-electron chi connectivity index (χ1n) is 4.81. The van der Waals surface area contributed by atoms with Crippen LogP contribution in [0.1, 0.15) is 18.4 Å². The largest absolute Gasteiger partial charge is 0.397 e. The maximum Gasteiger partial charge on any atom is 0.152 e. The second-order valence-corrected chi connectivity index (χ2v) is 4.50. The SMILES string of the molecule is Nc1ccc(CCCCS(=O)O)cc1N. The predicted octanol–water partition coefficient (Wildman–Crippen LogP) is 1.40. The Morgan fingerprint density at radius 2 is 1.93 bits per heavy atom. The molecule has 0 fully saturated rings. The number of unbranched alkanes of at least 4 members (excludes halogenated alkanes) is 1. The summed E-state index contributed by atoms with van der Waals surface area (Å²) in [5, 5.41) is 0. The molecule has 0 saturated carbocycles. The van der Waals surface area contributed by atoms with Crippen molar-refractivity contribution >= 4 is 22.5 Å². The number of rotatable bonds is 5. The first-order chi connectivity index (χ1) is 7.09. The highest BCUT2D eigenvalue weighted by Gasteiger charge is 1.99. The van der Waals surface area contributed by atoms with E-state index in [-0.39, 0.29) is 0 Å².